The fourth-order valence-corrected chi connectivity index (χ4v) is 0.812. The Hall–Kier alpha value is -1.13. The van der Waals surface area contributed by atoms with Crippen LogP contribution in [0.1, 0.15) is 20.3 Å². The molecule has 0 aliphatic carbocycles. The van der Waals surface area contributed by atoms with Gasteiger partial charge in [0.05, 0.1) is 11.7 Å². The molecule has 0 aromatic carbocycles. The van der Waals surface area contributed by atoms with E-state index in [4.69, 9.17) is 5.11 Å². The second-order valence-electron chi connectivity index (χ2n) is 3.03. The van der Waals surface area contributed by atoms with Crippen molar-refractivity contribution < 1.29 is 9.90 Å². The molecular weight excluding hydrogens is 160 g/mol. The maximum Gasteiger partial charge on any atom is 0.305 e. The van der Waals surface area contributed by atoms with Crippen LogP contribution in [-0.4, -0.2) is 29.2 Å². The molecule has 1 N–H and O–H groups in total. The van der Waals surface area contributed by atoms with Gasteiger partial charge in [-0.05, 0) is 5.92 Å². The maximum absolute atomic E-state index is 10.1. The average molecular weight is 174 g/mol. The Morgan fingerprint density at radius 2 is 2.17 bits per heavy atom. The summed E-state index contributed by atoms with van der Waals surface area (Å²) in [5.74, 6) is -0.594. The van der Waals surface area contributed by atoms with Gasteiger partial charge in [0, 0.05) is 13.1 Å². The van der Waals surface area contributed by atoms with Gasteiger partial charge in [-0.1, -0.05) is 13.8 Å². The van der Waals surface area contributed by atoms with E-state index in [1.54, 1.807) is 0 Å². The van der Waals surface area contributed by atoms with Crippen LogP contribution in [0.25, 0.3) is 0 Å². The molecule has 0 amide bonds. The SMILES string of the molecule is CC(C)CN(CCC(=O)O)N=O. The van der Waals surface area contributed by atoms with Crippen molar-refractivity contribution >= 4 is 5.97 Å². The summed E-state index contributed by atoms with van der Waals surface area (Å²) in [5.41, 5.74) is 0. The number of nitroso groups, excluding NO2 is 1. The lowest BCUT2D eigenvalue weighted by Crippen LogP contribution is -2.24. The smallest absolute Gasteiger partial charge is 0.305 e. The number of hydrogen-bond acceptors (Lipinski definition) is 3. The highest BCUT2D eigenvalue weighted by atomic mass is 16.4. The molecule has 0 saturated carbocycles. The molecule has 0 bridgehead atoms. The number of hydrogen-bond donors (Lipinski definition) is 1. The standard InChI is InChI=1S/C7H14N2O3/c1-6(2)5-9(8-12)4-3-7(10)11/h6H,3-5H2,1-2H3,(H,10,11). The monoisotopic (exact) mass is 174 g/mol. The van der Waals surface area contributed by atoms with E-state index in [0.29, 0.717) is 12.5 Å². The van der Waals surface area contributed by atoms with Gasteiger partial charge in [0.1, 0.15) is 0 Å². The quantitative estimate of drug-likeness (QED) is 0.483. The van der Waals surface area contributed by atoms with Crippen molar-refractivity contribution in [2.24, 2.45) is 11.2 Å². The van der Waals surface area contributed by atoms with Crippen molar-refractivity contribution in [1.29, 1.82) is 0 Å². The maximum atomic E-state index is 10.1. The summed E-state index contributed by atoms with van der Waals surface area (Å²) in [4.78, 5) is 20.3. The van der Waals surface area contributed by atoms with E-state index >= 15 is 0 Å². The molecule has 0 spiro atoms. The van der Waals surface area contributed by atoms with Crippen LogP contribution in [0.5, 0.6) is 0 Å². The second-order valence-corrected chi connectivity index (χ2v) is 3.03. The Morgan fingerprint density at radius 1 is 1.58 bits per heavy atom. The zero-order valence-corrected chi connectivity index (χ0v) is 7.36. The average Bonchev–Trinajstić information content (AvgIpc) is 1.97. The highest BCUT2D eigenvalue weighted by Crippen LogP contribution is 1.99. The van der Waals surface area contributed by atoms with Crippen LogP contribution >= 0.6 is 0 Å². The van der Waals surface area contributed by atoms with Crippen molar-refractivity contribution in [2.75, 3.05) is 13.1 Å². The predicted molar refractivity (Wildman–Crippen MR) is 44.5 cm³/mol. The van der Waals surface area contributed by atoms with Crippen LogP contribution in [-0.2, 0) is 4.79 Å². The van der Waals surface area contributed by atoms with Crippen molar-refractivity contribution in [3.63, 3.8) is 0 Å². The van der Waals surface area contributed by atoms with E-state index in [1.165, 1.54) is 5.01 Å². The molecule has 0 aliphatic heterocycles. The third-order valence-corrected chi connectivity index (χ3v) is 1.28. The van der Waals surface area contributed by atoms with Gasteiger partial charge in [0.2, 0.25) is 0 Å². The normalized spacial score (nSPS) is 9.92. The van der Waals surface area contributed by atoms with Crippen LogP contribution in [0, 0.1) is 10.8 Å². The van der Waals surface area contributed by atoms with Gasteiger partial charge < -0.3 is 5.11 Å². The van der Waals surface area contributed by atoms with Gasteiger partial charge in [-0.2, -0.15) is 0 Å². The Morgan fingerprint density at radius 3 is 2.50 bits per heavy atom. The van der Waals surface area contributed by atoms with Crippen LogP contribution in [0.3, 0.4) is 0 Å². The molecule has 0 saturated heterocycles. The molecule has 0 heterocycles. The molecule has 5 nitrogen and oxygen atoms in total. The minimum atomic E-state index is -0.910. The largest absolute Gasteiger partial charge is 0.481 e. The van der Waals surface area contributed by atoms with Gasteiger partial charge in [0.25, 0.3) is 0 Å². The Balaban J connectivity index is 3.67. The summed E-state index contributed by atoms with van der Waals surface area (Å²) in [6.45, 7) is 4.59. The number of carboxylic acids is 1. The molecule has 0 fully saturated rings. The third kappa shape index (κ3) is 5.64. The van der Waals surface area contributed by atoms with Crippen molar-refractivity contribution in [3.05, 3.63) is 4.91 Å². The summed E-state index contributed by atoms with van der Waals surface area (Å²) in [5, 5.41) is 12.3. The fraction of sp³-hybridized carbons (Fsp3) is 0.857. The van der Waals surface area contributed by atoms with Gasteiger partial charge in [-0.25, -0.2) is 0 Å². The number of carboxylic acid groups (broad SMARTS) is 1. The lowest BCUT2D eigenvalue weighted by atomic mass is 10.2. The van der Waals surface area contributed by atoms with E-state index in [1.807, 2.05) is 13.8 Å². The Kier molecular flexibility index (Phi) is 4.99. The lowest BCUT2D eigenvalue weighted by molar-refractivity contribution is -0.137. The zero-order valence-electron chi connectivity index (χ0n) is 7.36. The molecule has 5 heteroatoms. The summed E-state index contributed by atoms with van der Waals surface area (Å²) >= 11 is 0. The Labute approximate surface area is 71.3 Å². The minimum absolute atomic E-state index is 0.0432. The van der Waals surface area contributed by atoms with E-state index in [0.717, 1.165) is 0 Å². The predicted octanol–water partition coefficient (Wildman–Crippen LogP) is 1.10. The molecule has 0 aliphatic rings. The van der Waals surface area contributed by atoms with E-state index in [2.05, 4.69) is 5.29 Å². The van der Waals surface area contributed by atoms with Crippen LogP contribution < -0.4 is 0 Å². The van der Waals surface area contributed by atoms with Gasteiger partial charge in [0.15, 0.2) is 0 Å². The fourth-order valence-electron chi connectivity index (χ4n) is 0.812. The third-order valence-electron chi connectivity index (χ3n) is 1.28. The molecule has 0 unspecified atom stereocenters. The first kappa shape index (κ1) is 10.9. The van der Waals surface area contributed by atoms with E-state index in [9.17, 15) is 9.70 Å². The first-order valence-electron chi connectivity index (χ1n) is 3.86. The first-order valence-corrected chi connectivity index (χ1v) is 3.86. The van der Waals surface area contributed by atoms with Gasteiger partial charge >= 0.3 is 5.97 Å². The van der Waals surface area contributed by atoms with E-state index < -0.39 is 5.97 Å². The topological polar surface area (TPSA) is 70.0 Å². The number of carbonyl (C=O) groups is 1. The van der Waals surface area contributed by atoms with Crippen molar-refractivity contribution in [1.82, 2.24) is 5.01 Å². The van der Waals surface area contributed by atoms with Crippen LogP contribution in [0.4, 0.5) is 0 Å². The molecule has 0 rings (SSSR count). The summed E-state index contributed by atoms with van der Waals surface area (Å²) in [7, 11) is 0. The van der Waals surface area contributed by atoms with Gasteiger partial charge in [-0.15, -0.1) is 4.91 Å². The highest BCUT2D eigenvalue weighted by molar-refractivity contribution is 5.66. The van der Waals surface area contributed by atoms with Crippen molar-refractivity contribution in [2.45, 2.75) is 20.3 Å². The molecule has 70 valence electrons. The molecule has 12 heavy (non-hydrogen) atoms. The van der Waals surface area contributed by atoms with E-state index in [-0.39, 0.29) is 13.0 Å². The number of rotatable bonds is 6. The van der Waals surface area contributed by atoms with Crippen molar-refractivity contribution in [3.8, 4) is 0 Å². The number of nitrogens with zero attached hydrogens (tertiary/aromatic N) is 2. The highest BCUT2D eigenvalue weighted by Gasteiger charge is 2.07. The molecule has 0 atom stereocenters. The second kappa shape index (κ2) is 5.51. The van der Waals surface area contributed by atoms with Gasteiger partial charge in [-0.3, -0.25) is 9.80 Å². The first-order chi connectivity index (χ1) is 5.56. The molecule has 0 aromatic heterocycles. The minimum Gasteiger partial charge on any atom is -0.481 e. The zero-order chi connectivity index (χ0) is 9.56. The number of aliphatic carboxylic acids is 1. The summed E-state index contributed by atoms with van der Waals surface area (Å²) < 4.78 is 0. The summed E-state index contributed by atoms with van der Waals surface area (Å²) in [6, 6.07) is 0. The molecule has 0 radical (unpaired) electrons. The molecule has 0 aromatic rings. The Bertz CT molecular complexity index is 159. The van der Waals surface area contributed by atoms with Crippen LogP contribution in [0.2, 0.25) is 0 Å². The van der Waals surface area contributed by atoms with Crippen LogP contribution in [0.15, 0.2) is 5.29 Å². The summed E-state index contributed by atoms with van der Waals surface area (Å²) in [6.07, 6.45) is -0.0432. The lowest BCUT2D eigenvalue weighted by Gasteiger charge is -2.15. The molecular formula is C7H14N2O3.